The van der Waals surface area contributed by atoms with Crippen molar-refractivity contribution in [3.8, 4) is 17.0 Å². The third-order valence-corrected chi connectivity index (χ3v) is 4.44. The zero-order valence-electron chi connectivity index (χ0n) is 14.2. The molecule has 0 aliphatic carbocycles. The Balaban J connectivity index is 1.62. The number of aromatic nitrogens is 1. The first-order valence-corrected chi connectivity index (χ1v) is 8.63. The van der Waals surface area contributed by atoms with E-state index < -0.39 is 0 Å². The van der Waals surface area contributed by atoms with Gasteiger partial charge in [0.05, 0.1) is 17.6 Å². The highest BCUT2D eigenvalue weighted by atomic mass is 35.5. The third kappa shape index (κ3) is 3.45. The van der Waals surface area contributed by atoms with Gasteiger partial charge in [0.25, 0.3) is 0 Å². The Morgan fingerprint density at radius 1 is 0.926 bits per heavy atom. The molecule has 0 saturated carbocycles. The highest BCUT2D eigenvalue weighted by molar-refractivity contribution is 6.30. The first-order chi connectivity index (χ1) is 13.1. The summed E-state index contributed by atoms with van der Waals surface area (Å²) in [7, 11) is 0. The number of benzene rings is 3. The molecule has 4 rings (SSSR count). The summed E-state index contributed by atoms with van der Waals surface area (Å²) < 4.78 is 0. The van der Waals surface area contributed by atoms with E-state index in [1.54, 1.807) is 30.5 Å². The molecule has 0 fully saturated rings. The van der Waals surface area contributed by atoms with Crippen LogP contribution in [0.3, 0.4) is 0 Å². The van der Waals surface area contributed by atoms with E-state index in [9.17, 15) is 5.11 Å². The van der Waals surface area contributed by atoms with Crippen LogP contribution in [0.1, 0.15) is 0 Å². The molecule has 0 atom stereocenters. The first-order valence-electron chi connectivity index (χ1n) is 8.26. The summed E-state index contributed by atoms with van der Waals surface area (Å²) >= 11 is 5.99. The quantitative estimate of drug-likeness (QED) is 0.328. The molecule has 3 N–H and O–H groups in total. The molecule has 1 aromatic heterocycles. The number of nitrogen functional groups attached to an aromatic ring is 1. The summed E-state index contributed by atoms with van der Waals surface area (Å²) in [5, 5.41) is 21.0. The maximum atomic E-state index is 9.97. The van der Waals surface area contributed by atoms with E-state index in [0.717, 1.165) is 10.8 Å². The molecule has 4 aromatic rings. The lowest BCUT2D eigenvalue weighted by Crippen LogP contribution is -1.87. The number of pyridine rings is 1. The van der Waals surface area contributed by atoms with Crippen molar-refractivity contribution >= 4 is 39.4 Å². The van der Waals surface area contributed by atoms with Gasteiger partial charge in [-0.15, -0.1) is 10.2 Å². The Bertz CT molecular complexity index is 1160. The number of aromatic hydroxyl groups is 1. The van der Waals surface area contributed by atoms with E-state index in [1.165, 1.54) is 6.07 Å². The number of phenolic OH excluding ortho intramolecular Hbond substituents is 1. The minimum Gasteiger partial charge on any atom is -0.507 e. The highest BCUT2D eigenvalue weighted by Crippen LogP contribution is 2.33. The van der Waals surface area contributed by atoms with Gasteiger partial charge in [0.2, 0.25) is 0 Å². The summed E-state index contributed by atoms with van der Waals surface area (Å²) in [5.74, 6) is 0.116. The Morgan fingerprint density at radius 3 is 2.59 bits per heavy atom. The number of anilines is 1. The standard InChI is InChI=1S/C21H15ClN4O/c22-14-6-10-20(27)17(11-14)18-9-7-15(12-24-18)25-26-19-8-5-13-3-1-2-4-16(13)21(19)23/h1-12,27H,23H2. The summed E-state index contributed by atoms with van der Waals surface area (Å²) in [5.41, 5.74) is 9.13. The fourth-order valence-electron chi connectivity index (χ4n) is 2.80. The average Bonchev–Trinajstić information content (AvgIpc) is 2.70. The zero-order valence-corrected chi connectivity index (χ0v) is 14.9. The number of rotatable bonds is 3. The van der Waals surface area contributed by atoms with E-state index in [4.69, 9.17) is 17.3 Å². The van der Waals surface area contributed by atoms with Crippen LogP contribution in [0, 0.1) is 0 Å². The molecule has 0 bridgehead atoms. The van der Waals surface area contributed by atoms with Crippen molar-refractivity contribution in [2.24, 2.45) is 10.2 Å². The highest BCUT2D eigenvalue weighted by Gasteiger charge is 2.07. The van der Waals surface area contributed by atoms with Gasteiger partial charge in [-0.2, -0.15) is 0 Å². The maximum absolute atomic E-state index is 9.97. The Hall–Kier alpha value is -3.44. The van der Waals surface area contributed by atoms with Gasteiger partial charge in [-0.1, -0.05) is 41.9 Å². The number of halogens is 1. The maximum Gasteiger partial charge on any atom is 0.125 e. The molecule has 0 unspecified atom stereocenters. The van der Waals surface area contributed by atoms with Gasteiger partial charge >= 0.3 is 0 Å². The van der Waals surface area contributed by atoms with Crippen molar-refractivity contribution in [2.45, 2.75) is 0 Å². The van der Waals surface area contributed by atoms with Crippen molar-refractivity contribution in [3.63, 3.8) is 0 Å². The summed E-state index contributed by atoms with van der Waals surface area (Å²) in [4.78, 5) is 4.33. The van der Waals surface area contributed by atoms with Gasteiger partial charge in [0.1, 0.15) is 17.1 Å². The lowest BCUT2D eigenvalue weighted by Gasteiger charge is -2.05. The Kier molecular flexibility index (Phi) is 4.44. The van der Waals surface area contributed by atoms with Gasteiger partial charge in [-0.05, 0) is 41.8 Å². The Morgan fingerprint density at radius 2 is 1.78 bits per heavy atom. The van der Waals surface area contributed by atoms with Crippen LogP contribution in [0.15, 0.2) is 83.2 Å². The number of fused-ring (bicyclic) bond motifs is 1. The number of nitrogens with two attached hydrogens (primary N) is 1. The largest absolute Gasteiger partial charge is 0.507 e. The molecule has 0 saturated heterocycles. The van der Waals surface area contributed by atoms with Crippen molar-refractivity contribution in [1.29, 1.82) is 0 Å². The first kappa shape index (κ1) is 17.0. The predicted molar refractivity (Wildman–Crippen MR) is 109 cm³/mol. The van der Waals surface area contributed by atoms with Gasteiger partial charge < -0.3 is 10.8 Å². The number of azo groups is 1. The zero-order chi connectivity index (χ0) is 18.8. The van der Waals surface area contributed by atoms with E-state index >= 15 is 0 Å². The van der Waals surface area contributed by atoms with Crippen molar-refractivity contribution in [2.75, 3.05) is 5.73 Å². The van der Waals surface area contributed by atoms with E-state index in [0.29, 0.717) is 33.3 Å². The predicted octanol–water partition coefficient (Wildman–Crippen LogP) is 6.26. The van der Waals surface area contributed by atoms with Crippen LogP contribution in [-0.4, -0.2) is 10.1 Å². The lowest BCUT2D eigenvalue weighted by molar-refractivity contribution is 0.477. The van der Waals surface area contributed by atoms with Gasteiger partial charge in [-0.3, -0.25) is 4.98 Å². The van der Waals surface area contributed by atoms with Crippen LogP contribution in [-0.2, 0) is 0 Å². The number of phenols is 1. The summed E-state index contributed by atoms with van der Waals surface area (Å²) in [6.07, 6.45) is 1.58. The van der Waals surface area contributed by atoms with Crippen LogP contribution in [0.2, 0.25) is 5.02 Å². The smallest absolute Gasteiger partial charge is 0.125 e. The molecule has 0 radical (unpaired) electrons. The molecule has 27 heavy (non-hydrogen) atoms. The van der Waals surface area contributed by atoms with Crippen molar-refractivity contribution in [3.05, 3.63) is 77.9 Å². The van der Waals surface area contributed by atoms with Crippen LogP contribution in [0.4, 0.5) is 17.1 Å². The van der Waals surface area contributed by atoms with E-state index in [2.05, 4.69) is 15.2 Å². The fraction of sp³-hybridized carbons (Fsp3) is 0. The molecule has 3 aromatic carbocycles. The molecule has 132 valence electrons. The van der Waals surface area contributed by atoms with Gasteiger partial charge in [0, 0.05) is 16.0 Å². The fourth-order valence-corrected chi connectivity index (χ4v) is 2.97. The minimum atomic E-state index is 0.116. The molecule has 5 nitrogen and oxygen atoms in total. The average molecular weight is 375 g/mol. The van der Waals surface area contributed by atoms with Crippen LogP contribution in [0.5, 0.6) is 5.75 Å². The third-order valence-electron chi connectivity index (χ3n) is 4.20. The van der Waals surface area contributed by atoms with Crippen molar-refractivity contribution in [1.82, 2.24) is 4.98 Å². The van der Waals surface area contributed by atoms with Crippen LogP contribution in [0.25, 0.3) is 22.0 Å². The van der Waals surface area contributed by atoms with Gasteiger partial charge in [0.15, 0.2) is 0 Å². The molecule has 0 amide bonds. The van der Waals surface area contributed by atoms with E-state index in [-0.39, 0.29) is 5.75 Å². The summed E-state index contributed by atoms with van der Waals surface area (Å²) in [6.45, 7) is 0. The monoisotopic (exact) mass is 374 g/mol. The normalized spacial score (nSPS) is 11.3. The second-order valence-corrected chi connectivity index (χ2v) is 6.42. The van der Waals surface area contributed by atoms with E-state index in [1.807, 2.05) is 36.4 Å². The molecule has 1 heterocycles. The molecule has 6 heteroatoms. The van der Waals surface area contributed by atoms with Crippen LogP contribution >= 0.6 is 11.6 Å². The second kappa shape index (κ2) is 7.05. The molecule has 0 spiro atoms. The van der Waals surface area contributed by atoms with Crippen molar-refractivity contribution < 1.29 is 5.11 Å². The SMILES string of the molecule is Nc1c(N=Nc2ccc(-c3cc(Cl)ccc3O)nc2)ccc2ccccc12. The molecule has 0 aliphatic rings. The number of nitrogens with zero attached hydrogens (tertiary/aromatic N) is 3. The Labute approximate surface area is 160 Å². The minimum absolute atomic E-state index is 0.116. The lowest BCUT2D eigenvalue weighted by atomic mass is 10.1. The molecule has 0 aliphatic heterocycles. The number of hydrogen-bond acceptors (Lipinski definition) is 5. The van der Waals surface area contributed by atoms with Gasteiger partial charge in [-0.25, -0.2) is 0 Å². The second-order valence-electron chi connectivity index (χ2n) is 5.98. The summed E-state index contributed by atoms with van der Waals surface area (Å²) in [6, 6.07) is 20.0. The number of hydrogen-bond donors (Lipinski definition) is 2. The van der Waals surface area contributed by atoms with Crippen LogP contribution < -0.4 is 5.73 Å². The molecular weight excluding hydrogens is 360 g/mol. The topological polar surface area (TPSA) is 83.9 Å². The molecular formula is C21H15ClN4O.